The van der Waals surface area contributed by atoms with Gasteiger partial charge in [-0.15, -0.1) is 0 Å². The Morgan fingerprint density at radius 1 is 1.05 bits per heavy atom. The Labute approximate surface area is 233 Å². The van der Waals surface area contributed by atoms with Gasteiger partial charge in [0, 0.05) is 18.5 Å². The summed E-state index contributed by atoms with van der Waals surface area (Å²) < 4.78 is 5.52. The minimum Gasteiger partial charge on any atom is -0.444 e. The minimum atomic E-state index is -0.900. The number of hydrogen-bond donors (Lipinski definition) is 2. The van der Waals surface area contributed by atoms with E-state index < -0.39 is 23.8 Å². The SMILES string of the molecule is CCCC(C)NC(=O)C(c1cccc(C)c1)N(C(=O)C(Cc1ccccc1)NC(=O)OC(C)(C)C)C1CC1C. The highest BCUT2D eigenvalue weighted by Crippen LogP contribution is 2.41. The first-order chi connectivity index (χ1) is 18.4. The molecule has 0 bridgehead atoms. The Morgan fingerprint density at radius 2 is 1.72 bits per heavy atom. The number of rotatable bonds is 11. The molecule has 2 N–H and O–H groups in total. The molecule has 0 spiro atoms. The molecule has 7 heteroatoms. The molecular weight excluding hydrogens is 490 g/mol. The largest absolute Gasteiger partial charge is 0.444 e. The number of hydrogen-bond acceptors (Lipinski definition) is 4. The molecule has 0 aliphatic heterocycles. The lowest BCUT2D eigenvalue weighted by Crippen LogP contribution is -2.55. The maximum absolute atomic E-state index is 14.5. The van der Waals surface area contributed by atoms with Gasteiger partial charge in [-0.1, -0.05) is 80.4 Å². The number of carbonyl (C=O) groups excluding carboxylic acids is 3. The Balaban J connectivity index is 2.03. The van der Waals surface area contributed by atoms with Crippen LogP contribution in [0.5, 0.6) is 0 Å². The molecule has 5 unspecified atom stereocenters. The monoisotopic (exact) mass is 535 g/mol. The van der Waals surface area contributed by atoms with E-state index in [2.05, 4.69) is 24.5 Å². The lowest BCUT2D eigenvalue weighted by molar-refractivity contribution is -0.143. The van der Waals surface area contributed by atoms with Crippen molar-refractivity contribution in [2.45, 2.75) is 104 Å². The third-order valence-corrected chi connectivity index (χ3v) is 6.95. The number of carbonyl (C=O) groups is 3. The zero-order valence-electron chi connectivity index (χ0n) is 24.5. The zero-order chi connectivity index (χ0) is 28.7. The maximum atomic E-state index is 14.5. The molecule has 7 nitrogen and oxygen atoms in total. The highest BCUT2D eigenvalue weighted by molar-refractivity contribution is 5.93. The van der Waals surface area contributed by atoms with Crippen molar-refractivity contribution < 1.29 is 19.1 Å². The molecule has 5 atom stereocenters. The fraction of sp³-hybridized carbons (Fsp3) is 0.531. The van der Waals surface area contributed by atoms with Gasteiger partial charge in [0.05, 0.1) is 0 Å². The van der Waals surface area contributed by atoms with Gasteiger partial charge in [-0.25, -0.2) is 4.79 Å². The maximum Gasteiger partial charge on any atom is 0.408 e. The van der Waals surface area contributed by atoms with Crippen LogP contribution in [0.4, 0.5) is 4.79 Å². The summed E-state index contributed by atoms with van der Waals surface area (Å²) in [4.78, 5) is 43.0. The summed E-state index contributed by atoms with van der Waals surface area (Å²) in [5, 5.41) is 5.98. The summed E-state index contributed by atoms with van der Waals surface area (Å²) >= 11 is 0. The van der Waals surface area contributed by atoms with Gasteiger partial charge in [-0.3, -0.25) is 9.59 Å². The van der Waals surface area contributed by atoms with Gasteiger partial charge in [0.2, 0.25) is 11.8 Å². The number of alkyl carbamates (subject to hydrolysis) is 1. The van der Waals surface area contributed by atoms with Crippen molar-refractivity contribution >= 4 is 17.9 Å². The molecule has 1 aliphatic rings. The fourth-order valence-corrected chi connectivity index (χ4v) is 4.96. The van der Waals surface area contributed by atoms with Gasteiger partial charge in [-0.05, 0) is 64.5 Å². The van der Waals surface area contributed by atoms with E-state index in [4.69, 9.17) is 4.74 Å². The lowest BCUT2D eigenvalue weighted by atomic mass is 9.98. The van der Waals surface area contributed by atoms with Gasteiger partial charge < -0.3 is 20.3 Å². The van der Waals surface area contributed by atoms with Gasteiger partial charge in [0.15, 0.2) is 0 Å². The molecule has 2 aromatic rings. The molecule has 3 rings (SSSR count). The average molecular weight is 536 g/mol. The predicted octanol–water partition coefficient (Wildman–Crippen LogP) is 5.71. The number of ether oxygens (including phenoxy) is 1. The summed E-state index contributed by atoms with van der Waals surface area (Å²) in [5.74, 6) is -0.241. The molecule has 0 saturated heterocycles. The minimum absolute atomic E-state index is 0.0246. The second-order valence-electron chi connectivity index (χ2n) is 11.9. The lowest BCUT2D eigenvalue weighted by Gasteiger charge is -2.35. The van der Waals surface area contributed by atoms with Crippen molar-refractivity contribution in [1.29, 1.82) is 0 Å². The van der Waals surface area contributed by atoms with Crippen molar-refractivity contribution in [2.24, 2.45) is 5.92 Å². The molecule has 2 aromatic carbocycles. The summed E-state index contributed by atoms with van der Waals surface area (Å²) in [6.45, 7) is 13.5. The average Bonchev–Trinajstić information content (AvgIpc) is 3.56. The van der Waals surface area contributed by atoms with E-state index in [9.17, 15) is 14.4 Å². The Hall–Kier alpha value is -3.35. The molecule has 0 radical (unpaired) electrons. The first kappa shape index (κ1) is 30.2. The molecular formula is C32H45N3O4. The van der Waals surface area contributed by atoms with Crippen LogP contribution in [0.2, 0.25) is 0 Å². The number of benzene rings is 2. The number of nitrogens with zero attached hydrogens (tertiary/aromatic N) is 1. The van der Waals surface area contributed by atoms with Gasteiger partial charge in [0.25, 0.3) is 0 Å². The number of aryl methyl sites for hydroxylation is 1. The normalized spacial score (nSPS) is 18.8. The molecule has 212 valence electrons. The van der Waals surface area contributed by atoms with E-state index in [0.717, 1.165) is 36.0 Å². The predicted molar refractivity (Wildman–Crippen MR) is 154 cm³/mol. The first-order valence-corrected chi connectivity index (χ1v) is 14.1. The van der Waals surface area contributed by atoms with Crippen molar-refractivity contribution in [1.82, 2.24) is 15.5 Å². The van der Waals surface area contributed by atoms with E-state index in [-0.39, 0.29) is 36.2 Å². The topological polar surface area (TPSA) is 87.7 Å². The quantitative estimate of drug-likeness (QED) is 0.386. The smallest absolute Gasteiger partial charge is 0.408 e. The van der Waals surface area contributed by atoms with E-state index in [0.29, 0.717) is 0 Å². The van der Waals surface area contributed by atoms with Crippen LogP contribution >= 0.6 is 0 Å². The molecule has 0 aromatic heterocycles. The van der Waals surface area contributed by atoms with E-state index in [1.807, 2.05) is 68.4 Å². The third-order valence-electron chi connectivity index (χ3n) is 6.95. The summed E-state index contributed by atoms with van der Waals surface area (Å²) in [7, 11) is 0. The molecule has 1 saturated carbocycles. The van der Waals surface area contributed by atoms with Crippen LogP contribution < -0.4 is 10.6 Å². The molecule has 39 heavy (non-hydrogen) atoms. The summed E-state index contributed by atoms with van der Waals surface area (Å²) in [6.07, 6.45) is 2.21. The van der Waals surface area contributed by atoms with Crippen LogP contribution in [-0.2, 0) is 20.7 Å². The number of amides is 3. The third kappa shape index (κ3) is 8.84. The van der Waals surface area contributed by atoms with Crippen LogP contribution in [-0.4, -0.2) is 46.5 Å². The van der Waals surface area contributed by atoms with Crippen molar-refractivity contribution in [2.75, 3.05) is 0 Å². The summed E-state index contributed by atoms with van der Waals surface area (Å²) in [6, 6.07) is 15.5. The Kier molecular flexibility index (Phi) is 10.2. The van der Waals surface area contributed by atoms with Crippen molar-refractivity contribution in [3.8, 4) is 0 Å². The van der Waals surface area contributed by atoms with Gasteiger partial charge >= 0.3 is 6.09 Å². The van der Waals surface area contributed by atoms with Gasteiger partial charge in [-0.2, -0.15) is 0 Å². The summed E-state index contributed by atoms with van der Waals surface area (Å²) in [5.41, 5.74) is 1.97. The fourth-order valence-electron chi connectivity index (χ4n) is 4.96. The van der Waals surface area contributed by atoms with Crippen LogP contribution in [0, 0.1) is 12.8 Å². The molecule has 0 heterocycles. The second-order valence-corrected chi connectivity index (χ2v) is 11.9. The highest BCUT2D eigenvalue weighted by Gasteiger charge is 2.48. The number of nitrogens with one attached hydrogen (secondary N) is 2. The zero-order valence-corrected chi connectivity index (χ0v) is 24.5. The molecule has 1 aliphatic carbocycles. The second kappa shape index (κ2) is 13.1. The van der Waals surface area contributed by atoms with Crippen LogP contribution in [0.3, 0.4) is 0 Å². The molecule has 3 amide bonds. The van der Waals surface area contributed by atoms with Crippen molar-refractivity contribution in [3.63, 3.8) is 0 Å². The molecule has 1 fully saturated rings. The Morgan fingerprint density at radius 3 is 2.28 bits per heavy atom. The van der Waals surface area contributed by atoms with E-state index >= 15 is 0 Å². The Bertz CT molecular complexity index is 1130. The van der Waals surface area contributed by atoms with Crippen LogP contribution in [0.25, 0.3) is 0 Å². The standard InChI is InChI=1S/C32H45N3O4/c1-8-13-23(4)33-29(36)28(25-17-12-14-21(2)18-25)35(27-19-22(27)3)30(37)26(20-24-15-10-9-11-16-24)34-31(38)39-32(5,6)7/h9-12,14-18,22-23,26-28H,8,13,19-20H2,1-7H3,(H,33,36)(H,34,38). The highest BCUT2D eigenvalue weighted by atomic mass is 16.6. The van der Waals surface area contributed by atoms with E-state index in [1.165, 1.54) is 0 Å². The van der Waals surface area contributed by atoms with Gasteiger partial charge in [0.1, 0.15) is 17.7 Å². The van der Waals surface area contributed by atoms with Crippen LogP contribution in [0.15, 0.2) is 54.6 Å². The first-order valence-electron chi connectivity index (χ1n) is 14.1. The van der Waals surface area contributed by atoms with Crippen LogP contribution in [0.1, 0.15) is 83.5 Å². The van der Waals surface area contributed by atoms with Crippen molar-refractivity contribution in [3.05, 3.63) is 71.3 Å². The van der Waals surface area contributed by atoms with E-state index in [1.54, 1.807) is 25.7 Å².